The first-order valence-corrected chi connectivity index (χ1v) is 7.88. The van der Waals surface area contributed by atoms with Gasteiger partial charge in [0.1, 0.15) is 0 Å². The van der Waals surface area contributed by atoms with Crippen LogP contribution in [0.5, 0.6) is 0 Å². The molecule has 1 atom stereocenters. The molecule has 2 rings (SSSR count). The van der Waals surface area contributed by atoms with E-state index in [4.69, 9.17) is 4.74 Å². The third-order valence-electron chi connectivity index (χ3n) is 3.82. The zero-order valence-electron chi connectivity index (χ0n) is 12.8. The Morgan fingerprint density at radius 3 is 2.81 bits per heavy atom. The molecule has 114 valence electrons. The van der Waals surface area contributed by atoms with Crippen molar-refractivity contribution in [1.82, 2.24) is 5.32 Å². The van der Waals surface area contributed by atoms with E-state index in [0.717, 1.165) is 43.4 Å². The molecule has 1 aliphatic rings. The lowest BCUT2D eigenvalue weighted by Gasteiger charge is -2.18. The Morgan fingerprint density at radius 1 is 1.29 bits per heavy atom. The monoisotopic (exact) mass is 287 g/mol. The average molecular weight is 287 g/mol. The molecule has 1 unspecified atom stereocenters. The molecule has 0 aliphatic heterocycles. The van der Waals surface area contributed by atoms with Gasteiger partial charge in [0.2, 0.25) is 5.91 Å². The molecular weight excluding hydrogens is 262 g/mol. The number of ether oxygens (including phenoxy) is 1. The first-order valence-electron chi connectivity index (χ1n) is 7.88. The van der Waals surface area contributed by atoms with Crippen molar-refractivity contribution in [2.24, 2.45) is 5.92 Å². The number of allylic oxidation sites excluding steroid dienone is 2. The highest BCUT2D eigenvalue weighted by Gasteiger charge is 2.18. The van der Waals surface area contributed by atoms with E-state index in [1.54, 1.807) is 0 Å². The largest absolute Gasteiger partial charge is 0.377 e. The predicted octanol–water partition coefficient (Wildman–Crippen LogP) is 3.59. The molecule has 0 heterocycles. The van der Waals surface area contributed by atoms with Crippen molar-refractivity contribution < 1.29 is 9.53 Å². The van der Waals surface area contributed by atoms with Crippen molar-refractivity contribution in [3.8, 4) is 0 Å². The maximum absolute atomic E-state index is 12.2. The van der Waals surface area contributed by atoms with Gasteiger partial charge in [-0.1, -0.05) is 43.3 Å². The number of carbonyl (C=O) groups is 1. The minimum Gasteiger partial charge on any atom is -0.377 e. The average Bonchev–Trinajstić information content (AvgIpc) is 2.54. The summed E-state index contributed by atoms with van der Waals surface area (Å²) in [5.74, 6) is 0.308. The second kappa shape index (κ2) is 8.63. The van der Waals surface area contributed by atoms with Crippen molar-refractivity contribution in [1.29, 1.82) is 0 Å². The van der Waals surface area contributed by atoms with Gasteiger partial charge in [-0.15, -0.1) is 0 Å². The molecular formula is C18H25NO2. The lowest BCUT2D eigenvalue weighted by molar-refractivity contribution is -0.125. The van der Waals surface area contributed by atoms with Crippen LogP contribution in [0.4, 0.5) is 0 Å². The van der Waals surface area contributed by atoms with E-state index in [2.05, 4.69) is 36.5 Å². The minimum absolute atomic E-state index is 0.138. The minimum atomic E-state index is 0.138. The van der Waals surface area contributed by atoms with Crippen LogP contribution in [0.25, 0.3) is 0 Å². The molecule has 3 heteroatoms. The van der Waals surface area contributed by atoms with E-state index in [1.807, 2.05) is 12.1 Å². The topological polar surface area (TPSA) is 38.3 Å². The van der Waals surface area contributed by atoms with Gasteiger partial charge < -0.3 is 10.1 Å². The quantitative estimate of drug-likeness (QED) is 0.615. The van der Waals surface area contributed by atoms with Gasteiger partial charge in [-0.2, -0.15) is 0 Å². The van der Waals surface area contributed by atoms with Crippen molar-refractivity contribution in [2.45, 2.75) is 45.8 Å². The van der Waals surface area contributed by atoms with Crippen LogP contribution in [0.3, 0.4) is 0 Å². The molecule has 1 N–H and O–H groups in total. The predicted molar refractivity (Wildman–Crippen MR) is 84.7 cm³/mol. The van der Waals surface area contributed by atoms with E-state index in [0.29, 0.717) is 13.2 Å². The number of rotatable bonds is 7. The highest BCUT2D eigenvalue weighted by molar-refractivity contribution is 5.79. The Hall–Kier alpha value is -1.61. The Kier molecular flexibility index (Phi) is 6.48. The smallest absolute Gasteiger partial charge is 0.223 e. The molecule has 0 aromatic heterocycles. The lowest BCUT2D eigenvalue weighted by atomic mass is 9.93. The molecule has 0 bridgehead atoms. The normalized spacial score (nSPS) is 17.7. The third kappa shape index (κ3) is 5.01. The molecule has 0 saturated carbocycles. The number of hydrogen-bond donors (Lipinski definition) is 1. The van der Waals surface area contributed by atoms with Crippen molar-refractivity contribution >= 4 is 5.91 Å². The van der Waals surface area contributed by atoms with Gasteiger partial charge in [-0.25, -0.2) is 0 Å². The molecule has 0 saturated heterocycles. The molecule has 1 aromatic carbocycles. The van der Waals surface area contributed by atoms with E-state index in [-0.39, 0.29) is 11.8 Å². The molecule has 0 fully saturated rings. The Morgan fingerprint density at radius 2 is 2.10 bits per heavy atom. The summed E-state index contributed by atoms with van der Waals surface area (Å²) in [6, 6.07) is 8.15. The molecule has 1 aromatic rings. The summed E-state index contributed by atoms with van der Waals surface area (Å²) in [7, 11) is 0. The zero-order valence-corrected chi connectivity index (χ0v) is 12.8. The number of carbonyl (C=O) groups excluding carboxylic acids is 1. The van der Waals surface area contributed by atoms with Crippen LogP contribution in [0.1, 0.15) is 43.7 Å². The second-order valence-corrected chi connectivity index (χ2v) is 5.52. The van der Waals surface area contributed by atoms with Crippen LogP contribution in [0.15, 0.2) is 36.4 Å². The van der Waals surface area contributed by atoms with Crippen molar-refractivity contribution in [3.05, 3.63) is 47.5 Å². The summed E-state index contributed by atoms with van der Waals surface area (Å²) in [6.45, 7) is 4.08. The lowest BCUT2D eigenvalue weighted by Crippen LogP contribution is -2.31. The molecule has 1 amide bonds. The van der Waals surface area contributed by atoms with Crippen LogP contribution in [0, 0.1) is 5.92 Å². The van der Waals surface area contributed by atoms with Crippen LogP contribution in [-0.4, -0.2) is 12.5 Å². The number of benzene rings is 1. The first-order chi connectivity index (χ1) is 10.3. The summed E-state index contributed by atoms with van der Waals surface area (Å²) in [5.41, 5.74) is 2.31. The van der Waals surface area contributed by atoms with Crippen LogP contribution < -0.4 is 5.32 Å². The molecule has 0 radical (unpaired) electrons. The Bertz CT molecular complexity index is 482. The first kappa shape index (κ1) is 15.8. The highest BCUT2D eigenvalue weighted by Crippen LogP contribution is 2.18. The van der Waals surface area contributed by atoms with E-state index < -0.39 is 0 Å². The summed E-state index contributed by atoms with van der Waals surface area (Å²) < 4.78 is 5.61. The van der Waals surface area contributed by atoms with Crippen molar-refractivity contribution in [2.75, 3.05) is 6.61 Å². The number of hydrogen-bond acceptors (Lipinski definition) is 2. The maximum Gasteiger partial charge on any atom is 0.223 e. The zero-order chi connectivity index (χ0) is 14.9. The molecule has 21 heavy (non-hydrogen) atoms. The third-order valence-corrected chi connectivity index (χ3v) is 3.82. The van der Waals surface area contributed by atoms with Gasteiger partial charge in [-0.3, -0.25) is 4.79 Å². The van der Waals surface area contributed by atoms with Crippen LogP contribution in [0.2, 0.25) is 0 Å². The summed E-state index contributed by atoms with van der Waals surface area (Å²) in [4.78, 5) is 12.2. The van der Waals surface area contributed by atoms with E-state index in [1.165, 1.54) is 0 Å². The standard InChI is InChI=1S/C18H25NO2/c1-2-12-21-14-17-11-7-6-10-16(17)13-19-18(20)15-8-4-3-5-9-15/h3-4,6-7,10-11,15H,2,5,8-9,12-14H2,1H3,(H,19,20). The van der Waals surface area contributed by atoms with E-state index >= 15 is 0 Å². The van der Waals surface area contributed by atoms with Gasteiger partial charge in [0, 0.05) is 19.1 Å². The van der Waals surface area contributed by atoms with Crippen LogP contribution >= 0.6 is 0 Å². The molecule has 1 aliphatic carbocycles. The van der Waals surface area contributed by atoms with Gasteiger partial charge >= 0.3 is 0 Å². The van der Waals surface area contributed by atoms with Gasteiger partial charge in [0.05, 0.1) is 6.61 Å². The van der Waals surface area contributed by atoms with Gasteiger partial charge in [0.25, 0.3) is 0 Å². The van der Waals surface area contributed by atoms with Gasteiger partial charge in [-0.05, 0) is 36.8 Å². The summed E-state index contributed by atoms with van der Waals surface area (Å²) >= 11 is 0. The summed E-state index contributed by atoms with van der Waals surface area (Å²) in [6.07, 6.45) is 8.13. The van der Waals surface area contributed by atoms with E-state index in [9.17, 15) is 4.79 Å². The second-order valence-electron chi connectivity index (χ2n) is 5.52. The Labute approximate surface area is 127 Å². The van der Waals surface area contributed by atoms with Gasteiger partial charge in [0.15, 0.2) is 0 Å². The fourth-order valence-corrected chi connectivity index (χ4v) is 2.56. The fourth-order valence-electron chi connectivity index (χ4n) is 2.56. The Balaban J connectivity index is 1.87. The maximum atomic E-state index is 12.2. The van der Waals surface area contributed by atoms with Crippen molar-refractivity contribution in [3.63, 3.8) is 0 Å². The molecule has 3 nitrogen and oxygen atoms in total. The SMILES string of the molecule is CCCOCc1ccccc1CNC(=O)C1CC=CCC1. The highest BCUT2D eigenvalue weighted by atomic mass is 16.5. The molecule has 0 spiro atoms. The number of nitrogens with one attached hydrogen (secondary N) is 1. The summed E-state index contributed by atoms with van der Waals surface area (Å²) in [5, 5.41) is 3.07. The van der Waals surface area contributed by atoms with Crippen LogP contribution in [-0.2, 0) is 22.7 Å². The number of amides is 1. The fraction of sp³-hybridized carbons (Fsp3) is 0.500.